The van der Waals surface area contributed by atoms with E-state index in [-0.39, 0.29) is 18.0 Å². The Bertz CT molecular complexity index is 1050. The van der Waals surface area contributed by atoms with E-state index in [4.69, 9.17) is 23.2 Å². The van der Waals surface area contributed by atoms with Gasteiger partial charge in [0.1, 0.15) is 12.4 Å². The lowest BCUT2D eigenvalue weighted by Crippen LogP contribution is -2.30. The first-order valence-electron chi connectivity index (χ1n) is 8.38. The number of amides is 1. The van der Waals surface area contributed by atoms with Crippen molar-refractivity contribution >= 4 is 34.8 Å². The highest BCUT2D eigenvalue weighted by Gasteiger charge is 2.14. The van der Waals surface area contributed by atoms with Crippen molar-refractivity contribution in [1.82, 2.24) is 9.55 Å². The summed E-state index contributed by atoms with van der Waals surface area (Å²) in [4.78, 5) is 29.6. The molecule has 0 aliphatic heterocycles. The lowest BCUT2D eigenvalue weighted by Gasteiger charge is -2.14. The largest absolute Gasteiger partial charge is 0.324 e. The molecule has 1 N–H and O–H groups in total. The third kappa shape index (κ3) is 4.76. The molecule has 5 nitrogen and oxygen atoms in total. The van der Waals surface area contributed by atoms with Crippen LogP contribution in [0, 0.1) is 0 Å². The number of rotatable bonds is 5. The number of anilines is 1. The highest BCUT2D eigenvalue weighted by Crippen LogP contribution is 2.21. The van der Waals surface area contributed by atoms with E-state index in [9.17, 15) is 9.59 Å². The molecule has 7 heteroatoms. The summed E-state index contributed by atoms with van der Waals surface area (Å²) < 4.78 is 1.34. The summed E-state index contributed by atoms with van der Waals surface area (Å²) in [5.74, 6) is 0.0526. The summed E-state index contributed by atoms with van der Waals surface area (Å²) in [7, 11) is 0. The van der Waals surface area contributed by atoms with Crippen LogP contribution in [0.5, 0.6) is 0 Å². The Labute approximate surface area is 166 Å². The molecular weight excluding hydrogens is 385 g/mol. The number of aryl methyl sites for hydroxylation is 1. The Kier molecular flexibility index (Phi) is 5.94. The minimum atomic E-state index is -0.353. The quantitative estimate of drug-likeness (QED) is 0.687. The topological polar surface area (TPSA) is 64.0 Å². The molecule has 1 heterocycles. The van der Waals surface area contributed by atoms with Crippen LogP contribution in [0.2, 0.25) is 10.0 Å². The zero-order valence-corrected chi connectivity index (χ0v) is 16.1. The average Bonchev–Trinajstić information content (AvgIpc) is 2.63. The maximum absolute atomic E-state index is 12.6. The van der Waals surface area contributed by atoms with Crippen molar-refractivity contribution < 1.29 is 4.79 Å². The highest BCUT2D eigenvalue weighted by molar-refractivity contribution is 6.31. The van der Waals surface area contributed by atoms with Crippen LogP contribution in [0.1, 0.15) is 12.6 Å². The first-order valence-corrected chi connectivity index (χ1v) is 9.14. The standard InChI is InChI=1S/C20H17Cl2N3O2/c1-2-16-11-19(27)25(20(24-16)13-5-3-6-14(21)9-13)12-18(26)23-17-8-4-7-15(22)10-17/h3-11H,2,12H2,1H3,(H,23,26). The number of aromatic nitrogens is 2. The Hall–Kier alpha value is -2.63. The number of benzene rings is 2. The van der Waals surface area contributed by atoms with Gasteiger partial charge in [-0.25, -0.2) is 4.98 Å². The fraction of sp³-hybridized carbons (Fsp3) is 0.150. The zero-order valence-electron chi connectivity index (χ0n) is 14.6. The summed E-state index contributed by atoms with van der Waals surface area (Å²) in [6.45, 7) is 1.74. The molecule has 0 radical (unpaired) electrons. The number of carbonyl (C=O) groups is 1. The number of nitrogens with one attached hydrogen (secondary N) is 1. The van der Waals surface area contributed by atoms with Gasteiger partial charge in [-0.15, -0.1) is 0 Å². The Morgan fingerprint density at radius 2 is 1.78 bits per heavy atom. The molecule has 0 spiro atoms. The number of hydrogen-bond donors (Lipinski definition) is 1. The number of hydrogen-bond acceptors (Lipinski definition) is 3. The maximum atomic E-state index is 12.6. The first-order chi connectivity index (χ1) is 13.0. The number of nitrogens with zero attached hydrogens (tertiary/aromatic N) is 2. The van der Waals surface area contributed by atoms with Crippen LogP contribution in [0.4, 0.5) is 5.69 Å². The van der Waals surface area contributed by atoms with Gasteiger partial charge in [-0.1, -0.05) is 48.3 Å². The van der Waals surface area contributed by atoms with Crippen molar-refractivity contribution in [3.63, 3.8) is 0 Å². The van der Waals surface area contributed by atoms with Gasteiger partial charge in [0.05, 0.1) is 0 Å². The van der Waals surface area contributed by atoms with Gasteiger partial charge >= 0.3 is 0 Å². The minimum Gasteiger partial charge on any atom is -0.324 e. The van der Waals surface area contributed by atoms with Crippen LogP contribution in [0.3, 0.4) is 0 Å². The van der Waals surface area contributed by atoms with Gasteiger partial charge in [-0.2, -0.15) is 0 Å². The first kappa shape index (κ1) is 19.1. The SMILES string of the molecule is CCc1cc(=O)n(CC(=O)Nc2cccc(Cl)c2)c(-c2cccc(Cl)c2)n1. The molecule has 1 aromatic heterocycles. The second-order valence-electron chi connectivity index (χ2n) is 5.92. The lowest BCUT2D eigenvalue weighted by molar-refractivity contribution is -0.116. The summed E-state index contributed by atoms with van der Waals surface area (Å²) in [6.07, 6.45) is 0.609. The van der Waals surface area contributed by atoms with Crippen LogP contribution in [0.25, 0.3) is 11.4 Å². The molecule has 1 amide bonds. The van der Waals surface area contributed by atoms with Crippen molar-refractivity contribution in [3.05, 3.63) is 80.7 Å². The van der Waals surface area contributed by atoms with Crippen molar-refractivity contribution in [2.24, 2.45) is 0 Å². The van der Waals surface area contributed by atoms with Gasteiger partial charge in [0.2, 0.25) is 5.91 Å². The number of halogens is 2. The predicted molar refractivity (Wildman–Crippen MR) is 108 cm³/mol. The average molecular weight is 402 g/mol. The van der Waals surface area contributed by atoms with E-state index in [0.717, 1.165) is 0 Å². The van der Waals surface area contributed by atoms with E-state index >= 15 is 0 Å². The highest BCUT2D eigenvalue weighted by atomic mass is 35.5. The van der Waals surface area contributed by atoms with Crippen LogP contribution >= 0.6 is 23.2 Å². The van der Waals surface area contributed by atoms with Gasteiger partial charge in [0.15, 0.2) is 0 Å². The van der Waals surface area contributed by atoms with Crippen LogP contribution < -0.4 is 10.9 Å². The molecule has 3 rings (SSSR count). The van der Waals surface area contributed by atoms with E-state index in [1.54, 1.807) is 48.5 Å². The zero-order chi connectivity index (χ0) is 19.4. The Balaban J connectivity index is 1.96. The predicted octanol–water partition coefficient (Wildman–Crippen LogP) is 4.42. The monoisotopic (exact) mass is 401 g/mol. The molecule has 0 saturated carbocycles. The molecule has 0 atom stereocenters. The normalized spacial score (nSPS) is 10.6. The van der Waals surface area contributed by atoms with Crippen molar-refractivity contribution in [3.8, 4) is 11.4 Å². The van der Waals surface area contributed by atoms with Gasteiger partial charge in [0, 0.05) is 33.1 Å². The van der Waals surface area contributed by atoms with Crippen molar-refractivity contribution in [2.75, 3.05) is 5.32 Å². The van der Waals surface area contributed by atoms with E-state index in [1.165, 1.54) is 10.6 Å². The molecule has 0 bridgehead atoms. The second-order valence-corrected chi connectivity index (χ2v) is 6.79. The molecule has 0 aliphatic carbocycles. The number of carbonyl (C=O) groups excluding carboxylic acids is 1. The van der Waals surface area contributed by atoms with Gasteiger partial charge in [0.25, 0.3) is 5.56 Å². The van der Waals surface area contributed by atoms with E-state index in [2.05, 4.69) is 10.3 Å². The smallest absolute Gasteiger partial charge is 0.254 e. The molecule has 3 aromatic rings. The molecule has 138 valence electrons. The van der Waals surface area contributed by atoms with Crippen LogP contribution in [-0.4, -0.2) is 15.5 Å². The second kappa shape index (κ2) is 8.37. The third-order valence-corrected chi connectivity index (χ3v) is 4.39. The maximum Gasteiger partial charge on any atom is 0.254 e. The van der Waals surface area contributed by atoms with E-state index < -0.39 is 0 Å². The molecule has 0 unspecified atom stereocenters. The van der Waals surface area contributed by atoms with Crippen LogP contribution in [0.15, 0.2) is 59.4 Å². The van der Waals surface area contributed by atoms with E-state index in [1.807, 2.05) is 6.92 Å². The molecular formula is C20H17Cl2N3O2. The van der Waals surface area contributed by atoms with Gasteiger partial charge in [-0.05, 0) is 36.8 Å². The molecule has 27 heavy (non-hydrogen) atoms. The molecule has 0 fully saturated rings. The Morgan fingerprint density at radius 3 is 2.44 bits per heavy atom. The van der Waals surface area contributed by atoms with Crippen molar-refractivity contribution in [2.45, 2.75) is 19.9 Å². The van der Waals surface area contributed by atoms with Crippen LogP contribution in [-0.2, 0) is 17.8 Å². The Morgan fingerprint density at radius 1 is 1.07 bits per heavy atom. The van der Waals surface area contributed by atoms with Gasteiger partial charge in [-0.3, -0.25) is 14.2 Å². The summed E-state index contributed by atoms with van der Waals surface area (Å²) in [6, 6.07) is 15.3. The third-order valence-electron chi connectivity index (χ3n) is 3.92. The van der Waals surface area contributed by atoms with Crippen molar-refractivity contribution in [1.29, 1.82) is 0 Å². The molecule has 0 aliphatic rings. The fourth-order valence-electron chi connectivity index (χ4n) is 2.65. The minimum absolute atomic E-state index is 0.176. The molecule has 0 saturated heterocycles. The summed E-state index contributed by atoms with van der Waals surface area (Å²) in [5.41, 5.74) is 1.59. The van der Waals surface area contributed by atoms with E-state index in [0.29, 0.717) is 39.2 Å². The lowest BCUT2D eigenvalue weighted by atomic mass is 10.2. The summed E-state index contributed by atoms with van der Waals surface area (Å²) in [5, 5.41) is 3.78. The fourth-order valence-corrected chi connectivity index (χ4v) is 3.03. The summed E-state index contributed by atoms with van der Waals surface area (Å²) >= 11 is 12.0. The van der Waals surface area contributed by atoms with Gasteiger partial charge < -0.3 is 5.32 Å². The molecule has 2 aromatic carbocycles.